The van der Waals surface area contributed by atoms with Gasteiger partial charge in [-0.15, -0.1) is 5.92 Å². The summed E-state index contributed by atoms with van der Waals surface area (Å²) in [4.78, 5) is 0. The second-order valence-corrected chi connectivity index (χ2v) is 6.06. The molecule has 1 heteroatoms. The molecule has 0 fully saturated rings. The van der Waals surface area contributed by atoms with E-state index < -0.39 is 5.60 Å². The Morgan fingerprint density at radius 2 is 1.20 bits per heavy atom. The van der Waals surface area contributed by atoms with Crippen LogP contribution in [-0.4, -0.2) is 10.7 Å². The minimum Gasteiger partial charge on any atom is -0.378 e. The highest BCUT2D eigenvalue weighted by molar-refractivity contribution is 5.13. The Labute approximate surface area is 127 Å². The van der Waals surface area contributed by atoms with Crippen LogP contribution in [-0.2, 0) is 0 Å². The van der Waals surface area contributed by atoms with Crippen molar-refractivity contribution in [3.63, 3.8) is 0 Å². The van der Waals surface area contributed by atoms with E-state index in [2.05, 4.69) is 32.6 Å². The molecule has 0 saturated heterocycles. The summed E-state index contributed by atoms with van der Waals surface area (Å²) in [5.74, 6) is 6.41. The van der Waals surface area contributed by atoms with Crippen molar-refractivity contribution in [3.8, 4) is 11.8 Å². The van der Waals surface area contributed by atoms with Gasteiger partial charge in [0.2, 0.25) is 0 Å². The van der Waals surface area contributed by atoms with Crippen molar-refractivity contribution in [1.82, 2.24) is 0 Å². The lowest BCUT2D eigenvalue weighted by molar-refractivity contribution is 0.0773. The van der Waals surface area contributed by atoms with Crippen LogP contribution in [0.5, 0.6) is 0 Å². The first-order valence-corrected chi connectivity index (χ1v) is 8.91. The SMILES string of the molecule is CCCCCCCCC#CC(O)(CCCC)CCCC. The van der Waals surface area contributed by atoms with Gasteiger partial charge in [0.25, 0.3) is 0 Å². The summed E-state index contributed by atoms with van der Waals surface area (Å²) in [7, 11) is 0. The van der Waals surface area contributed by atoms with E-state index >= 15 is 0 Å². The largest absolute Gasteiger partial charge is 0.378 e. The van der Waals surface area contributed by atoms with Crippen molar-refractivity contribution in [2.24, 2.45) is 0 Å². The molecule has 0 unspecified atom stereocenters. The molecule has 0 spiro atoms. The van der Waals surface area contributed by atoms with Crippen LogP contribution >= 0.6 is 0 Å². The molecule has 0 amide bonds. The number of hydrogen-bond donors (Lipinski definition) is 1. The first kappa shape index (κ1) is 19.5. The van der Waals surface area contributed by atoms with Crippen molar-refractivity contribution in [1.29, 1.82) is 0 Å². The van der Waals surface area contributed by atoms with Crippen LogP contribution in [0.2, 0.25) is 0 Å². The van der Waals surface area contributed by atoms with Gasteiger partial charge >= 0.3 is 0 Å². The van der Waals surface area contributed by atoms with Crippen LogP contribution in [0.25, 0.3) is 0 Å². The molecule has 0 bridgehead atoms. The maximum Gasteiger partial charge on any atom is 0.125 e. The summed E-state index contributed by atoms with van der Waals surface area (Å²) in [6.07, 6.45) is 14.9. The zero-order valence-electron chi connectivity index (χ0n) is 14.1. The van der Waals surface area contributed by atoms with Gasteiger partial charge in [0, 0.05) is 6.42 Å². The van der Waals surface area contributed by atoms with Crippen LogP contribution in [0, 0.1) is 11.8 Å². The first-order chi connectivity index (χ1) is 9.68. The van der Waals surface area contributed by atoms with Gasteiger partial charge in [-0.25, -0.2) is 0 Å². The van der Waals surface area contributed by atoms with Crippen LogP contribution in [0.3, 0.4) is 0 Å². The molecule has 118 valence electrons. The van der Waals surface area contributed by atoms with E-state index in [1.165, 1.54) is 38.5 Å². The lowest BCUT2D eigenvalue weighted by Crippen LogP contribution is -2.26. The predicted octanol–water partition coefficient (Wildman–Crippen LogP) is 5.85. The van der Waals surface area contributed by atoms with Crippen LogP contribution in [0.1, 0.15) is 104 Å². The van der Waals surface area contributed by atoms with Gasteiger partial charge in [0.1, 0.15) is 5.60 Å². The number of rotatable bonds is 12. The van der Waals surface area contributed by atoms with E-state index in [9.17, 15) is 5.11 Å². The normalized spacial score (nSPS) is 11.2. The van der Waals surface area contributed by atoms with E-state index in [1.54, 1.807) is 0 Å². The minimum absolute atomic E-state index is 0.714. The van der Waals surface area contributed by atoms with Gasteiger partial charge in [0.05, 0.1) is 0 Å². The van der Waals surface area contributed by atoms with Gasteiger partial charge in [-0.1, -0.05) is 71.6 Å². The van der Waals surface area contributed by atoms with E-state index in [0.29, 0.717) is 0 Å². The third-order valence-corrected chi connectivity index (χ3v) is 3.86. The fraction of sp³-hybridized carbons (Fsp3) is 0.895. The van der Waals surface area contributed by atoms with Gasteiger partial charge < -0.3 is 5.11 Å². The Kier molecular flexibility index (Phi) is 13.2. The van der Waals surface area contributed by atoms with E-state index in [1.807, 2.05) is 0 Å². The number of aliphatic hydroxyl groups is 1. The molecular formula is C19H36O. The average Bonchev–Trinajstić information content (AvgIpc) is 2.46. The Balaban J connectivity index is 3.94. The molecule has 0 radical (unpaired) electrons. The highest BCUT2D eigenvalue weighted by atomic mass is 16.3. The Hall–Kier alpha value is -0.480. The Morgan fingerprint density at radius 1 is 0.700 bits per heavy atom. The predicted molar refractivity (Wildman–Crippen MR) is 89.8 cm³/mol. The van der Waals surface area contributed by atoms with Gasteiger partial charge in [-0.2, -0.15) is 0 Å². The summed E-state index contributed by atoms with van der Waals surface area (Å²) in [6.45, 7) is 6.59. The summed E-state index contributed by atoms with van der Waals surface area (Å²) < 4.78 is 0. The molecule has 0 aromatic carbocycles. The van der Waals surface area contributed by atoms with Gasteiger partial charge in [0.15, 0.2) is 0 Å². The highest BCUT2D eigenvalue weighted by Gasteiger charge is 2.22. The van der Waals surface area contributed by atoms with Crippen molar-refractivity contribution in [3.05, 3.63) is 0 Å². The van der Waals surface area contributed by atoms with E-state index in [4.69, 9.17) is 0 Å². The smallest absolute Gasteiger partial charge is 0.125 e. The number of hydrogen-bond acceptors (Lipinski definition) is 1. The Morgan fingerprint density at radius 3 is 1.75 bits per heavy atom. The quantitative estimate of drug-likeness (QED) is 0.351. The van der Waals surface area contributed by atoms with Crippen molar-refractivity contribution >= 4 is 0 Å². The standard InChI is InChI=1S/C19H36O/c1-4-7-10-11-12-13-14-15-18-19(20,16-8-5-2)17-9-6-3/h20H,4-14,16-17H2,1-3H3. The molecule has 0 aliphatic heterocycles. The fourth-order valence-electron chi connectivity index (χ4n) is 2.41. The second-order valence-electron chi connectivity index (χ2n) is 6.06. The second kappa shape index (κ2) is 13.5. The highest BCUT2D eigenvalue weighted by Crippen LogP contribution is 2.20. The van der Waals surface area contributed by atoms with Crippen LogP contribution in [0.4, 0.5) is 0 Å². The molecule has 0 rings (SSSR count). The lowest BCUT2D eigenvalue weighted by Gasteiger charge is -2.21. The minimum atomic E-state index is -0.714. The molecule has 0 atom stereocenters. The molecule has 0 heterocycles. The summed E-state index contributed by atoms with van der Waals surface area (Å²) >= 11 is 0. The van der Waals surface area contributed by atoms with Crippen molar-refractivity contribution in [2.75, 3.05) is 0 Å². The first-order valence-electron chi connectivity index (χ1n) is 8.91. The molecule has 20 heavy (non-hydrogen) atoms. The fourth-order valence-corrected chi connectivity index (χ4v) is 2.41. The van der Waals surface area contributed by atoms with E-state index in [0.717, 1.165) is 44.9 Å². The third-order valence-electron chi connectivity index (χ3n) is 3.86. The molecule has 0 aliphatic rings. The van der Waals surface area contributed by atoms with Gasteiger partial charge in [-0.05, 0) is 32.1 Å². The topological polar surface area (TPSA) is 20.2 Å². The zero-order valence-corrected chi connectivity index (χ0v) is 14.1. The van der Waals surface area contributed by atoms with E-state index in [-0.39, 0.29) is 0 Å². The molecule has 1 N–H and O–H groups in total. The maximum atomic E-state index is 10.6. The third kappa shape index (κ3) is 11.4. The molecule has 0 aromatic rings. The number of unbranched alkanes of at least 4 members (excludes halogenated alkanes) is 8. The molecule has 0 saturated carbocycles. The van der Waals surface area contributed by atoms with Gasteiger partial charge in [-0.3, -0.25) is 0 Å². The maximum absolute atomic E-state index is 10.6. The molecule has 0 aromatic heterocycles. The summed E-state index contributed by atoms with van der Waals surface area (Å²) in [6, 6.07) is 0. The average molecular weight is 280 g/mol. The van der Waals surface area contributed by atoms with Crippen molar-refractivity contribution < 1.29 is 5.11 Å². The summed E-state index contributed by atoms with van der Waals surface area (Å²) in [5, 5.41) is 10.6. The Bertz CT molecular complexity index is 251. The summed E-state index contributed by atoms with van der Waals surface area (Å²) in [5.41, 5.74) is -0.714. The van der Waals surface area contributed by atoms with Crippen molar-refractivity contribution in [2.45, 2.75) is 110 Å². The van der Waals surface area contributed by atoms with Crippen LogP contribution in [0.15, 0.2) is 0 Å². The molecule has 0 aliphatic carbocycles. The van der Waals surface area contributed by atoms with Crippen LogP contribution < -0.4 is 0 Å². The lowest BCUT2D eigenvalue weighted by atomic mass is 9.91. The zero-order chi connectivity index (χ0) is 15.1. The molecule has 1 nitrogen and oxygen atoms in total. The molecular weight excluding hydrogens is 244 g/mol. The monoisotopic (exact) mass is 280 g/mol.